The number of hydrogen-bond acceptors (Lipinski definition) is 3. The fourth-order valence-corrected chi connectivity index (χ4v) is 8.03. The molecule has 0 saturated carbocycles. The second-order valence-corrected chi connectivity index (χ2v) is 15.5. The molecule has 2 heterocycles. The van der Waals surface area contributed by atoms with Crippen molar-refractivity contribution in [1.29, 1.82) is 0 Å². The maximum Gasteiger partial charge on any atom is 0.490 e. The average molecular weight is 693 g/mol. The molecule has 5 aromatic carbocycles. The van der Waals surface area contributed by atoms with Crippen molar-refractivity contribution in [2.45, 2.75) is 64.1 Å². The molecular formula is C48H45BN2O2. The predicted octanol–water partition coefficient (Wildman–Crippen LogP) is 12.1. The lowest BCUT2D eigenvalue weighted by Gasteiger charge is -2.32. The van der Waals surface area contributed by atoms with Gasteiger partial charge in [-0.05, 0) is 118 Å². The van der Waals surface area contributed by atoms with Crippen LogP contribution in [0.2, 0.25) is 0 Å². The van der Waals surface area contributed by atoms with Crippen molar-refractivity contribution < 1.29 is 9.31 Å². The molecule has 0 spiro atoms. The summed E-state index contributed by atoms with van der Waals surface area (Å²) < 4.78 is 15.2. The summed E-state index contributed by atoms with van der Waals surface area (Å²) in [5.41, 5.74) is 11.5. The summed E-state index contributed by atoms with van der Waals surface area (Å²) in [6, 6.07) is 46.2. The van der Waals surface area contributed by atoms with Gasteiger partial charge < -0.3 is 18.8 Å². The standard InChI is InChI=1S/C48H45BN2O2/c1-47(2)48(3,4)53-49(52-47)38-24-32-41(33-25-38)50(39-26-18-35(19-27-39)34-12-6-5-7-13-34)40-28-20-36(21-29-40)37-22-30-42(31-23-37)51-45-16-10-8-14-43(45)44-15-9-11-17-46(44)51/h5-18,20-24,26-32,35H,19,25,33H2,1-4H3. The van der Waals surface area contributed by atoms with Gasteiger partial charge in [0.1, 0.15) is 0 Å². The van der Waals surface area contributed by atoms with Gasteiger partial charge >= 0.3 is 7.12 Å². The van der Waals surface area contributed by atoms with Gasteiger partial charge in [0.2, 0.25) is 0 Å². The Balaban J connectivity index is 1.02. The molecule has 1 unspecified atom stereocenters. The molecule has 0 bridgehead atoms. The van der Waals surface area contributed by atoms with E-state index in [9.17, 15) is 0 Å². The summed E-state index contributed by atoms with van der Waals surface area (Å²) in [5.74, 6) is 0.380. The van der Waals surface area contributed by atoms with Gasteiger partial charge in [0.25, 0.3) is 0 Å². The van der Waals surface area contributed by atoms with E-state index in [2.05, 4.69) is 195 Å². The molecule has 5 heteroatoms. The zero-order chi connectivity index (χ0) is 36.2. The highest BCUT2D eigenvalue weighted by Crippen LogP contribution is 2.42. The van der Waals surface area contributed by atoms with E-state index < -0.39 is 0 Å². The van der Waals surface area contributed by atoms with Gasteiger partial charge in [-0.15, -0.1) is 0 Å². The molecule has 1 saturated heterocycles. The molecule has 4 nitrogen and oxygen atoms in total. The van der Waals surface area contributed by atoms with Crippen molar-refractivity contribution >= 4 is 34.6 Å². The van der Waals surface area contributed by atoms with Crippen LogP contribution < -0.4 is 4.90 Å². The number of para-hydroxylation sites is 2. The fraction of sp³-hybridized carbons (Fsp3) is 0.208. The summed E-state index contributed by atoms with van der Waals surface area (Å²) in [4.78, 5) is 2.43. The number of fused-ring (bicyclic) bond motifs is 3. The third kappa shape index (κ3) is 6.08. The molecule has 1 atom stereocenters. The number of aromatic nitrogens is 1. The van der Waals surface area contributed by atoms with Crippen LogP contribution in [0.4, 0.5) is 5.69 Å². The molecule has 1 aromatic heterocycles. The Morgan fingerprint density at radius 3 is 1.79 bits per heavy atom. The molecule has 9 rings (SSSR count). The van der Waals surface area contributed by atoms with Crippen LogP contribution in [0.25, 0.3) is 38.6 Å². The molecular weight excluding hydrogens is 647 g/mol. The average Bonchev–Trinajstić information content (AvgIpc) is 3.65. The van der Waals surface area contributed by atoms with Gasteiger partial charge in [-0.2, -0.15) is 0 Å². The lowest BCUT2D eigenvalue weighted by atomic mass is 9.73. The summed E-state index contributed by atoms with van der Waals surface area (Å²) in [6.45, 7) is 8.48. The lowest BCUT2D eigenvalue weighted by molar-refractivity contribution is 0.00578. The minimum atomic E-state index is -0.353. The van der Waals surface area contributed by atoms with Gasteiger partial charge in [0.05, 0.1) is 22.2 Å². The molecule has 53 heavy (non-hydrogen) atoms. The van der Waals surface area contributed by atoms with Crippen LogP contribution in [-0.2, 0) is 9.31 Å². The molecule has 6 aromatic rings. The maximum absolute atomic E-state index is 6.42. The molecule has 262 valence electrons. The molecule has 1 aliphatic heterocycles. The first-order valence-electron chi connectivity index (χ1n) is 18.9. The third-order valence-electron chi connectivity index (χ3n) is 11.7. The molecule has 0 amide bonds. The molecule has 0 N–H and O–H groups in total. The Morgan fingerprint density at radius 1 is 0.642 bits per heavy atom. The Morgan fingerprint density at radius 2 is 1.23 bits per heavy atom. The number of benzene rings is 5. The van der Waals surface area contributed by atoms with E-state index >= 15 is 0 Å². The van der Waals surface area contributed by atoms with Gasteiger partial charge in [-0.3, -0.25) is 0 Å². The minimum absolute atomic E-state index is 0.313. The summed E-state index contributed by atoms with van der Waals surface area (Å²) in [7, 11) is -0.313. The van der Waals surface area contributed by atoms with E-state index in [1.165, 1.54) is 55.4 Å². The highest BCUT2D eigenvalue weighted by molar-refractivity contribution is 6.54. The highest BCUT2D eigenvalue weighted by Gasteiger charge is 2.52. The van der Waals surface area contributed by atoms with E-state index in [0.717, 1.165) is 30.6 Å². The molecule has 2 aliphatic carbocycles. The summed E-state index contributed by atoms with van der Waals surface area (Å²) in [6.07, 6.45) is 14.3. The topological polar surface area (TPSA) is 26.6 Å². The van der Waals surface area contributed by atoms with E-state index in [-0.39, 0.29) is 18.3 Å². The quantitative estimate of drug-likeness (QED) is 0.156. The zero-order valence-electron chi connectivity index (χ0n) is 31.0. The van der Waals surface area contributed by atoms with E-state index in [1.807, 2.05) is 0 Å². The second kappa shape index (κ2) is 13.2. The Labute approximate surface area is 313 Å². The Kier molecular flexibility index (Phi) is 8.37. The first-order valence-corrected chi connectivity index (χ1v) is 18.9. The summed E-state index contributed by atoms with van der Waals surface area (Å²) in [5, 5.41) is 2.55. The largest absolute Gasteiger partial charge is 0.490 e. The third-order valence-corrected chi connectivity index (χ3v) is 11.7. The molecule has 3 aliphatic rings. The normalized spacial score (nSPS) is 19.3. The minimum Gasteiger partial charge on any atom is -0.400 e. The van der Waals surface area contributed by atoms with Gasteiger partial charge in [0.15, 0.2) is 0 Å². The maximum atomic E-state index is 6.42. The van der Waals surface area contributed by atoms with Crippen LogP contribution in [0.5, 0.6) is 0 Å². The second-order valence-electron chi connectivity index (χ2n) is 15.5. The number of nitrogens with zero attached hydrogens (tertiary/aromatic N) is 2. The van der Waals surface area contributed by atoms with Crippen LogP contribution in [0.15, 0.2) is 175 Å². The number of allylic oxidation sites excluding steroid dienone is 7. The van der Waals surface area contributed by atoms with Crippen LogP contribution >= 0.6 is 0 Å². The van der Waals surface area contributed by atoms with Crippen molar-refractivity contribution in [3.05, 3.63) is 180 Å². The van der Waals surface area contributed by atoms with Crippen molar-refractivity contribution in [1.82, 2.24) is 4.57 Å². The fourth-order valence-electron chi connectivity index (χ4n) is 8.03. The molecule has 1 fully saturated rings. The highest BCUT2D eigenvalue weighted by atomic mass is 16.7. The zero-order valence-corrected chi connectivity index (χ0v) is 31.0. The first kappa shape index (κ1) is 33.5. The van der Waals surface area contributed by atoms with E-state index in [1.54, 1.807) is 0 Å². The van der Waals surface area contributed by atoms with Crippen LogP contribution in [0, 0.1) is 0 Å². The van der Waals surface area contributed by atoms with E-state index in [4.69, 9.17) is 9.31 Å². The van der Waals surface area contributed by atoms with Gasteiger partial charge in [-0.1, -0.05) is 109 Å². The smallest absolute Gasteiger partial charge is 0.400 e. The Hall–Kier alpha value is -5.36. The van der Waals surface area contributed by atoms with Crippen molar-refractivity contribution in [3.8, 4) is 16.8 Å². The van der Waals surface area contributed by atoms with Crippen LogP contribution in [0.1, 0.15) is 58.4 Å². The predicted molar refractivity (Wildman–Crippen MR) is 221 cm³/mol. The molecule has 0 radical (unpaired) electrons. The Bertz CT molecular complexity index is 2360. The number of rotatable bonds is 7. The number of anilines is 1. The van der Waals surface area contributed by atoms with E-state index in [0.29, 0.717) is 5.92 Å². The van der Waals surface area contributed by atoms with Crippen molar-refractivity contribution in [2.75, 3.05) is 4.90 Å². The summed E-state index contributed by atoms with van der Waals surface area (Å²) >= 11 is 0. The lowest BCUT2D eigenvalue weighted by Crippen LogP contribution is -2.41. The SMILES string of the molecule is CC1(C)OB(C2=CC=C(N(C3=CCC(c4ccccc4)C=C3)c3ccc(-c4ccc(-n5c6ccccc6c6ccccc65)cc4)cc3)CC2)OC1(C)C. The van der Waals surface area contributed by atoms with Crippen LogP contribution in [0.3, 0.4) is 0 Å². The van der Waals surface area contributed by atoms with Gasteiger partial charge in [0, 0.05) is 39.5 Å². The van der Waals surface area contributed by atoms with Crippen molar-refractivity contribution in [2.24, 2.45) is 0 Å². The van der Waals surface area contributed by atoms with Gasteiger partial charge in [-0.25, -0.2) is 0 Å². The van der Waals surface area contributed by atoms with Crippen LogP contribution in [-0.4, -0.2) is 22.9 Å². The number of hydrogen-bond donors (Lipinski definition) is 0. The monoisotopic (exact) mass is 692 g/mol. The first-order chi connectivity index (χ1) is 25.8. The van der Waals surface area contributed by atoms with Crippen molar-refractivity contribution in [3.63, 3.8) is 0 Å².